The van der Waals surface area contributed by atoms with E-state index in [1.54, 1.807) is 11.8 Å². The zero-order chi connectivity index (χ0) is 14.7. The van der Waals surface area contributed by atoms with Crippen LogP contribution in [0.1, 0.15) is 24.7 Å². The van der Waals surface area contributed by atoms with Crippen LogP contribution in [0.5, 0.6) is 5.75 Å². The molecule has 2 N–H and O–H groups in total. The van der Waals surface area contributed by atoms with Crippen molar-refractivity contribution in [2.24, 2.45) is 5.73 Å². The Kier molecular flexibility index (Phi) is 4.82. The molecule has 3 rings (SSSR count). The molecule has 112 valence electrons. The van der Waals surface area contributed by atoms with Crippen LogP contribution >= 0.6 is 27.7 Å². The third kappa shape index (κ3) is 3.78. The highest BCUT2D eigenvalue weighted by atomic mass is 79.9. The van der Waals surface area contributed by atoms with Crippen molar-refractivity contribution < 1.29 is 4.74 Å². The minimum absolute atomic E-state index is 0.444. The molecule has 1 aliphatic carbocycles. The van der Waals surface area contributed by atoms with Gasteiger partial charge in [-0.25, -0.2) is 0 Å². The molecule has 7 heteroatoms. The minimum Gasteiger partial charge on any atom is -0.493 e. The maximum Gasteiger partial charge on any atom is 0.191 e. The van der Waals surface area contributed by atoms with Gasteiger partial charge in [0, 0.05) is 16.3 Å². The van der Waals surface area contributed by atoms with Crippen molar-refractivity contribution in [3.8, 4) is 5.75 Å². The molecule has 1 aromatic carbocycles. The van der Waals surface area contributed by atoms with Crippen LogP contribution in [0.25, 0.3) is 0 Å². The fourth-order valence-corrected chi connectivity index (χ4v) is 3.17. The Bertz CT molecular complexity index is 598. The Morgan fingerprint density at radius 2 is 2.05 bits per heavy atom. The van der Waals surface area contributed by atoms with Gasteiger partial charge in [-0.15, -0.1) is 10.2 Å². The first-order chi connectivity index (χ1) is 10.3. The molecule has 0 bridgehead atoms. The summed E-state index contributed by atoms with van der Waals surface area (Å²) in [5.74, 6) is 2.60. The Morgan fingerprint density at radius 3 is 2.71 bits per heavy atom. The van der Waals surface area contributed by atoms with E-state index in [9.17, 15) is 0 Å². The molecule has 1 heterocycles. The molecule has 1 fully saturated rings. The van der Waals surface area contributed by atoms with Crippen molar-refractivity contribution in [2.45, 2.75) is 30.6 Å². The van der Waals surface area contributed by atoms with Crippen LogP contribution in [0, 0.1) is 0 Å². The summed E-state index contributed by atoms with van der Waals surface area (Å²) in [6.07, 6.45) is 2.40. The summed E-state index contributed by atoms with van der Waals surface area (Å²) in [6, 6.07) is 8.40. The third-order valence-electron chi connectivity index (χ3n) is 3.23. The number of rotatable bonds is 7. The van der Waals surface area contributed by atoms with E-state index in [1.165, 1.54) is 12.8 Å². The van der Waals surface area contributed by atoms with Gasteiger partial charge in [0.1, 0.15) is 11.6 Å². The second-order valence-corrected chi connectivity index (χ2v) is 6.83. The first kappa shape index (κ1) is 14.9. The van der Waals surface area contributed by atoms with Gasteiger partial charge in [-0.1, -0.05) is 27.7 Å². The van der Waals surface area contributed by atoms with E-state index in [0.717, 1.165) is 27.0 Å². The molecule has 2 aromatic rings. The molecular formula is C14H17BrN4OS. The smallest absolute Gasteiger partial charge is 0.191 e. The Labute approximate surface area is 136 Å². The van der Waals surface area contributed by atoms with E-state index in [0.29, 0.717) is 19.2 Å². The summed E-state index contributed by atoms with van der Waals surface area (Å²) >= 11 is 5.08. The molecular weight excluding hydrogens is 352 g/mol. The standard InChI is InChI=1S/C14H17BrN4OS/c15-10-1-5-12(6-2-10)20-7-8-21-14-18-17-13(9-16)19(14)11-3-4-11/h1-2,5-6,11H,3-4,7-9,16H2. The molecule has 21 heavy (non-hydrogen) atoms. The van der Waals surface area contributed by atoms with Gasteiger partial charge in [0.15, 0.2) is 5.16 Å². The second kappa shape index (κ2) is 6.81. The predicted octanol–water partition coefficient (Wildman–Crippen LogP) is 3.01. The fraction of sp³-hybridized carbons (Fsp3) is 0.429. The monoisotopic (exact) mass is 368 g/mol. The SMILES string of the molecule is NCc1nnc(SCCOc2ccc(Br)cc2)n1C1CC1. The highest BCUT2D eigenvalue weighted by Gasteiger charge is 2.29. The molecule has 1 saturated carbocycles. The molecule has 0 amide bonds. The van der Waals surface area contributed by atoms with E-state index < -0.39 is 0 Å². The van der Waals surface area contributed by atoms with E-state index in [-0.39, 0.29) is 0 Å². The van der Waals surface area contributed by atoms with Crippen molar-refractivity contribution in [1.82, 2.24) is 14.8 Å². The number of ether oxygens (including phenoxy) is 1. The number of aromatic nitrogens is 3. The lowest BCUT2D eigenvalue weighted by atomic mass is 10.3. The van der Waals surface area contributed by atoms with Gasteiger partial charge >= 0.3 is 0 Å². The predicted molar refractivity (Wildman–Crippen MR) is 86.5 cm³/mol. The summed E-state index contributed by atoms with van der Waals surface area (Å²) < 4.78 is 8.94. The van der Waals surface area contributed by atoms with E-state index in [1.807, 2.05) is 24.3 Å². The maximum atomic E-state index is 5.71. The van der Waals surface area contributed by atoms with Gasteiger partial charge in [0.05, 0.1) is 13.2 Å². The second-order valence-electron chi connectivity index (χ2n) is 4.85. The topological polar surface area (TPSA) is 66.0 Å². The summed E-state index contributed by atoms with van der Waals surface area (Å²) in [5.41, 5.74) is 5.71. The van der Waals surface area contributed by atoms with Crippen molar-refractivity contribution in [2.75, 3.05) is 12.4 Å². The summed E-state index contributed by atoms with van der Waals surface area (Å²) in [4.78, 5) is 0. The first-order valence-corrected chi connectivity index (χ1v) is 8.71. The van der Waals surface area contributed by atoms with Crippen LogP contribution in [0.2, 0.25) is 0 Å². The number of halogens is 1. The van der Waals surface area contributed by atoms with Gasteiger partial charge < -0.3 is 15.0 Å². The van der Waals surface area contributed by atoms with Crippen LogP contribution in [0.4, 0.5) is 0 Å². The normalized spacial score (nSPS) is 14.4. The average molecular weight is 369 g/mol. The van der Waals surface area contributed by atoms with E-state index in [4.69, 9.17) is 10.5 Å². The lowest BCUT2D eigenvalue weighted by Crippen LogP contribution is -2.08. The zero-order valence-electron chi connectivity index (χ0n) is 11.5. The van der Waals surface area contributed by atoms with E-state index in [2.05, 4.69) is 30.7 Å². The molecule has 0 aliphatic heterocycles. The number of nitrogens with zero attached hydrogens (tertiary/aromatic N) is 3. The number of hydrogen-bond acceptors (Lipinski definition) is 5. The summed E-state index contributed by atoms with van der Waals surface area (Å²) in [5, 5.41) is 9.36. The quantitative estimate of drug-likeness (QED) is 0.600. The van der Waals surface area contributed by atoms with E-state index >= 15 is 0 Å². The largest absolute Gasteiger partial charge is 0.493 e. The molecule has 0 spiro atoms. The molecule has 0 atom stereocenters. The van der Waals surface area contributed by atoms with Crippen LogP contribution in [-0.2, 0) is 6.54 Å². The van der Waals surface area contributed by atoms with Crippen molar-refractivity contribution in [3.63, 3.8) is 0 Å². The Balaban J connectivity index is 1.51. The van der Waals surface area contributed by atoms with Crippen LogP contribution in [0.15, 0.2) is 33.9 Å². The van der Waals surface area contributed by atoms with Crippen molar-refractivity contribution >= 4 is 27.7 Å². The first-order valence-electron chi connectivity index (χ1n) is 6.93. The van der Waals surface area contributed by atoms with Crippen LogP contribution < -0.4 is 10.5 Å². The molecule has 0 radical (unpaired) electrons. The van der Waals surface area contributed by atoms with Gasteiger partial charge in [-0.3, -0.25) is 0 Å². The average Bonchev–Trinajstić information content (AvgIpc) is 3.26. The number of thioether (sulfide) groups is 1. The third-order valence-corrected chi connectivity index (χ3v) is 4.66. The highest BCUT2D eigenvalue weighted by Crippen LogP contribution is 2.38. The van der Waals surface area contributed by atoms with Gasteiger partial charge in [-0.2, -0.15) is 0 Å². The number of hydrogen-bond donors (Lipinski definition) is 1. The minimum atomic E-state index is 0.444. The lowest BCUT2D eigenvalue weighted by molar-refractivity contribution is 0.343. The number of nitrogens with two attached hydrogens (primary N) is 1. The van der Waals surface area contributed by atoms with Gasteiger partial charge in [0.2, 0.25) is 0 Å². The summed E-state index contributed by atoms with van der Waals surface area (Å²) in [6.45, 7) is 1.08. The maximum absolute atomic E-state index is 5.71. The van der Waals surface area contributed by atoms with Crippen molar-refractivity contribution in [3.05, 3.63) is 34.6 Å². The van der Waals surface area contributed by atoms with Crippen LogP contribution in [-0.4, -0.2) is 27.1 Å². The van der Waals surface area contributed by atoms with Crippen LogP contribution in [0.3, 0.4) is 0 Å². The highest BCUT2D eigenvalue weighted by molar-refractivity contribution is 9.10. The lowest BCUT2D eigenvalue weighted by Gasteiger charge is -2.08. The van der Waals surface area contributed by atoms with Crippen molar-refractivity contribution in [1.29, 1.82) is 0 Å². The molecule has 1 aromatic heterocycles. The number of benzene rings is 1. The summed E-state index contributed by atoms with van der Waals surface area (Å²) in [7, 11) is 0. The molecule has 1 aliphatic rings. The fourth-order valence-electron chi connectivity index (χ4n) is 2.07. The molecule has 0 unspecified atom stereocenters. The zero-order valence-corrected chi connectivity index (χ0v) is 13.9. The molecule has 5 nitrogen and oxygen atoms in total. The van der Waals surface area contributed by atoms with Gasteiger partial charge in [0.25, 0.3) is 0 Å². The Morgan fingerprint density at radius 1 is 1.29 bits per heavy atom. The van der Waals surface area contributed by atoms with Gasteiger partial charge in [-0.05, 0) is 37.1 Å². The Hall–Kier alpha value is -1.05. The molecule has 0 saturated heterocycles.